The van der Waals surface area contributed by atoms with Crippen LogP contribution in [0.1, 0.15) is 6.42 Å². The lowest BCUT2D eigenvalue weighted by molar-refractivity contribution is -0.0523. The zero-order valence-corrected chi connectivity index (χ0v) is 6.51. The molecule has 0 aliphatic carbocycles. The molecule has 0 aromatic carbocycles. The summed E-state index contributed by atoms with van der Waals surface area (Å²) in [5.74, 6) is 0. The van der Waals surface area contributed by atoms with E-state index in [4.69, 9.17) is 4.74 Å². The van der Waals surface area contributed by atoms with Gasteiger partial charge in [0.1, 0.15) is 12.7 Å². The van der Waals surface area contributed by atoms with Gasteiger partial charge in [-0.15, -0.1) is 0 Å². The molecular weight excluding hydrogens is 162 g/mol. The van der Waals surface area contributed by atoms with Crippen LogP contribution in [0.5, 0.6) is 0 Å². The SMILES string of the molecule is O=C1OC[C@@H]2[C@H](O)[C@H](O)CCN12. The van der Waals surface area contributed by atoms with Gasteiger partial charge in [0.15, 0.2) is 0 Å². The number of hydrogen-bond donors (Lipinski definition) is 2. The molecule has 2 aliphatic rings. The van der Waals surface area contributed by atoms with Crippen LogP contribution in [0, 0.1) is 0 Å². The molecule has 0 aromatic heterocycles. The van der Waals surface area contributed by atoms with Gasteiger partial charge in [0.2, 0.25) is 0 Å². The number of piperidine rings is 1. The lowest BCUT2D eigenvalue weighted by atomic mass is 9.98. The van der Waals surface area contributed by atoms with E-state index in [1.165, 1.54) is 4.90 Å². The molecule has 0 saturated carbocycles. The van der Waals surface area contributed by atoms with Gasteiger partial charge in [0, 0.05) is 6.54 Å². The van der Waals surface area contributed by atoms with E-state index in [-0.39, 0.29) is 18.7 Å². The number of carbonyl (C=O) groups is 1. The first-order chi connectivity index (χ1) is 5.70. The predicted octanol–water partition coefficient (Wildman–Crippen LogP) is -1.07. The van der Waals surface area contributed by atoms with E-state index < -0.39 is 12.2 Å². The van der Waals surface area contributed by atoms with E-state index in [9.17, 15) is 15.0 Å². The van der Waals surface area contributed by atoms with Gasteiger partial charge in [0.25, 0.3) is 0 Å². The van der Waals surface area contributed by atoms with Crippen molar-refractivity contribution < 1.29 is 19.7 Å². The molecule has 2 aliphatic heterocycles. The fourth-order valence-electron chi connectivity index (χ4n) is 1.70. The van der Waals surface area contributed by atoms with Gasteiger partial charge in [-0.3, -0.25) is 4.90 Å². The third-order valence-corrected chi connectivity index (χ3v) is 2.47. The number of cyclic esters (lactones) is 1. The number of ether oxygens (including phenoxy) is 1. The molecule has 2 N–H and O–H groups in total. The Bertz CT molecular complexity index is 208. The molecule has 0 spiro atoms. The molecule has 12 heavy (non-hydrogen) atoms. The number of aliphatic hydroxyl groups is 2. The van der Waals surface area contributed by atoms with Gasteiger partial charge in [-0.1, -0.05) is 0 Å². The minimum Gasteiger partial charge on any atom is -0.447 e. The van der Waals surface area contributed by atoms with Gasteiger partial charge >= 0.3 is 6.09 Å². The van der Waals surface area contributed by atoms with Gasteiger partial charge in [0.05, 0.1) is 12.1 Å². The van der Waals surface area contributed by atoms with Crippen molar-refractivity contribution in [2.45, 2.75) is 24.7 Å². The van der Waals surface area contributed by atoms with Crippen LogP contribution in [-0.4, -0.2) is 52.6 Å². The molecule has 0 aromatic rings. The Hall–Kier alpha value is -0.810. The normalized spacial score (nSPS) is 41.0. The number of hydrogen-bond acceptors (Lipinski definition) is 4. The summed E-state index contributed by atoms with van der Waals surface area (Å²) in [6.45, 7) is 0.665. The van der Waals surface area contributed by atoms with Gasteiger partial charge in [-0.2, -0.15) is 0 Å². The summed E-state index contributed by atoms with van der Waals surface area (Å²) in [6.07, 6.45) is -1.54. The van der Waals surface area contributed by atoms with E-state index >= 15 is 0 Å². The quantitative estimate of drug-likeness (QED) is 0.489. The number of nitrogens with zero attached hydrogens (tertiary/aromatic N) is 1. The highest BCUT2D eigenvalue weighted by atomic mass is 16.6. The summed E-state index contributed by atoms with van der Waals surface area (Å²) in [5.41, 5.74) is 0. The molecule has 2 rings (SSSR count). The second-order valence-electron chi connectivity index (χ2n) is 3.18. The van der Waals surface area contributed by atoms with Crippen LogP contribution in [-0.2, 0) is 4.74 Å². The fourth-order valence-corrected chi connectivity index (χ4v) is 1.70. The highest BCUT2D eigenvalue weighted by Gasteiger charge is 2.43. The van der Waals surface area contributed by atoms with Crippen molar-refractivity contribution in [1.82, 2.24) is 4.90 Å². The minimum atomic E-state index is -0.856. The molecular formula is C7H11NO4. The lowest BCUT2D eigenvalue weighted by Crippen LogP contribution is -2.53. The van der Waals surface area contributed by atoms with E-state index in [0.717, 1.165) is 0 Å². The third kappa shape index (κ3) is 0.971. The Labute approximate surface area is 69.5 Å². The molecule has 2 heterocycles. The van der Waals surface area contributed by atoms with Crippen LogP contribution in [0.4, 0.5) is 4.79 Å². The maximum Gasteiger partial charge on any atom is 0.410 e. The number of fused-ring (bicyclic) bond motifs is 1. The second-order valence-corrected chi connectivity index (χ2v) is 3.18. The third-order valence-electron chi connectivity index (χ3n) is 2.47. The first-order valence-electron chi connectivity index (χ1n) is 3.99. The molecule has 0 unspecified atom stereocenters. The summed E-state index contributed by atoms with van der Waals surface area (Å²) in [4.78, 5) is 12.4. The zero-order chi connectivity index (χ0) is 8.72. The fraction of sp³-hybridized carbons (Fsp3) is 0.857. The van der Waals surface area contributed by atoms with Crippen molar-refractivity contribution in [3.63, 3.8) is 0 Å². The number of amides is 1. The van der Waals surface area contributed by atoms with Crippen LogP contribution in [0.3, 0.4) is 0 Å². The largest absolute Gasteiger partial charge is 0.447 e. The standard InChI is InChI=1S/C7H11NO4/c9-5-1-2-8-4(6(5)10)3-12-7(8)11/h4-6,9-10H,1-3H2/t4-,5-,6+/m1/s1. The van der Waals surface area contributed by atoms with Crippen molar-refractivity contribution in [3.05, 3.63) is 0 Å². The van der Waals surface area contributed by atoms with Crippen LogP contribution >= 0.6 is 0 Å². The van der Waals surface area contributed by atoms with Crippen molar-refractivity contribution >= 4 is 6.09 Å². The molecule has 0 bridgehead atoms. The summed E-state index contributed by atoms with van der Waals surface area (Å²) >= 11 is 0. The lowest BCUT2D eigenvalue weighted by Gasteiger charge is -2.34. The van der Waals surface area contributed by atoms with Crippen molar-refractivity contribution in [2.24, 2.45) is 0 Å². The summed E-state index contributed by atoms with van der Waals surface area (Å²) in [7, 11) is 0. The molecule has 2 fully saturated rings. The van der Waals surface area contributed by atoms with E-state index in [2.05, 4.69) is 0 Å². The van der Waals surface area contributed by atoms with Crippen LogP contribution in [0.15, 0.2) is 0 Å². The number of rotatable bonds is 0. The van der Waals surface area contributed by atoms with Crippen LogP contribution in [0.2, 0.25) is 0 Å². The molecule has 0 radical (unpaired) electrons. The molecule has 5 heteroatoms. The first kappa shape index (κ1) is 7.82. The summed E-state index contributed by atoms with van der Waals surface area (Å²) in [5, 5.41) is 18.7. The van der Waals surface area contributed by atoms with E-state index in [0.29, 0.717) is 13.0 Å². The van der Waals surface area contributed by atoms with Gasteiger partial charge in [-0.05, 0) is 6.42 Å². The van der Waals surface area contributed by atoms with E-state index in [1.807, 2.05) is 0 Å². The van der Waals surface area contributed by atoms with Crippen molar-refractivity contribution in [2.75, 3.05) is 13.2 Å². The van der Waals surface area contributed by atoms with Crippen LogP contribution in [0.25, 0.3) is 0 Å². The number of aliphatic hydroxyl groups excluding tert-OH is 2. The smallest absolute Gasteiger partial charge is 0.410 e. The van der Waals surface area contributed by atoms with Crippen LogP contribution < -0.4 is 0 Å². The van der Waals surface area contributed by atoms with Crippen molar-refractivity contribution in [3.8, 4) is 0 Å². The van der Waals surface area contributed by atoms with Crippen molar-refractivity contribution in [1.29, 1.82) is 0 Å². The van der Waals surface area contributed by atoms with E-state index in [1.54, 1.807) is 0 Å². The molecule has 2 saturated heterocycles. The summed E-state index contributed by atoms with van der Waals surface area (Å²) in [6, 6.07) is -0.346. The van der Waals surface area contributed by atoms with Gasteiger partial charge in [-0.25, -0.2) is 4.79 Å². The molecule has 5 nitrogen and oxygen atoms in total. The maximum atomic E-state index is 11.0. The second kappa shape index (κ2) is 2.60. The first-order valence-corrected chi connectivity index (χ1v) is 3.99. The Morgan fingerprint density at radius 2 is 2.25 bits per heavy atom. The highest BCUT2D eigenvalue weighted by Crippen LogP contribution is 2.23. The average Bonchev–Trinajstić information content (AvgIpc) is 2.41. The maximum absolute atomic E-state index is 11.0. The average molecular weight is 173 g/mol. The monoisotopic (exact) mass is 173 g/mol. The zero-order valence-electron chi connectivity index (χ0n) is 6.51. The predicted molar refractivity (Wildman–Crippen MR) is 38.5 cm³/mol. The Balaban J connectivity index is 2.14. The molecule has 1 amide bonds. The Morgan fingerprint density at radius 1 is 1.50 bits per heavy atom. The summed E-state index contributed by atoms with van der Waals surface area (Å²) < 4.78 is 4.73. The Kier molecular flexibility index (Phi) is 1.69. The highest BCUT2D eigenvalue weighted by molar-refractivity contribution is 5.70. The Morgan fingerprint density at radius 3 is 3.00 bits per heavy atom. The molecule has 68 valence electrons. The van der Waals surface area contributed by atoms with Gasteiger partial charge < -0.3 is 14.9 Å². The minimum absolute atomic E-state index is 0.192. The number of carbonyl (C=O) groups excluding carboxylic acids is 1. The topological polar surface area (TPSA) is 70.0 Å². The molecule has 3 atom stereocenters.